The van der Waals surface area contributed by atoms with Crippen molar-refractivity contribution in [1.82, 2.24) is 0 Å². The molecule has 2 rings (SSSR count). The summed E-state index contributed by atoms with van der Waals surface area (Å²) in [5.74, 6) is 0.0757. The summed E-state index contributed by atoms with van der Waals surface area (Å²) in [4.78, 5) is 0. The van der Waals surface area contributed by atoms with Crippen LogP contribution in [0.5, 0.6) is 5.75 Å². The van der Waals surface area contributed by atoms with E-state index in [0.717, 1.165) is 12.5 Å². The number of nitrogens with two attached hydrogens (primary N) is 1. The van der Waals surface area contributed by atoms with E-state index in [0.29, 0.717) is 11.5 Å². The summed E-state index contributed by atoms with van der Waals surface area (Å²) in [6.07, 6.45) is 3.14. The molecule has 1 aromatic carbocycles. The van der Waals surface area contributed by atoms with E-state index in [9.17, 15) is 9.50 Å². The van der Waals surface area contributed by atoms with E-state index in [4.69, 9.17) is 17.3 Å². The van der Waals surface area contributed by atoms with Crippen LogP contribution in [-0.2, 0) is 0 Å². The SMILES string of the molecule is N[C@H](CC1CC1)c1cc(F)cc(Cl)c1O. The summed E-state index contributed by atoms with van der Waals surface area (Å²) in [6.45, 7) is 0. The fourth-order valence-electron chi connectivity index (χ4n) is 1.71. The molecule has 1 aliphatic carbocycles. The first kappa shape index (κ1) is 10.7. The van der Waals surface area contributed by atoms with Crippen LogP contribution in [0.15, 0.2) is 12.1 Å². The van der Waals surface area contributed by atoms with Crippen molar-refractivity contribution < 1.29 is 9.50 Å². The predicted octanol–water partition coefficient (Wildman–Crippen LogP) is 2.98. The quantitative estimate of drug-likeness (QED) is 0.837. The van der Waals surface area contributed by atoms with Crippen molar-refractivity contribution in [3.8, 4) is 5.75 Å². The third-order valence-corrected chi connectivity index (χ3v) is 3.03. The molecule has 0 unspecified atom stereocenters. The Morgan fingerprint density at radius 3 is 2.80 bits per heavy atom. The van der Waals surface area contributed by atoms with Gasteiger partial charge in [0.25, 0.3) is 0 Å². The van der Waals surface area contributed by atoms with Crippen LogP contribution < -0.4 is 5.73 Å². The maximum absolute atomic E-state index is 13.1. The molecule has 0 spiro atoms. The Kier molecular flexibility index (Phi) is 2.85. The molecule has 0 heterocycles. The molecule has 82 valence electrons. The van der Waals surface area contributed by atoms with Gasteiger partial charge in [0, 0.05) is 11.6 Å². The molecule has 2 nitrogen and oxygen atoms in total. The molecule has 3 N–H and O–H groups in total. The van der Waals surface area contributed by atoms with Crippen LogP contribution in [0.25, 0.3) is 0 Å². The van der Waals surface area contributed by atoms with Crippen LogP contribution >= 0.6 is 11.6 Å². The Morgan fingerprint density at radius 2 is 2.20 bits per heavy atom. The van der Waals surface area contributed by atoms with Gasteiger partial charge >= 0.3 is 0 Å². The summed E-state index contributed by atoms with van der Waals surface area (Å²) >= 11 is 5.67. The predicted molar refractivity (Wildman–Crippen MR) is 57.3 cm³/mol. The van der Waals surface area contributed by atoms with Gasteiger partial charge in [0.05, 0.1) is 5.02 Å². The molecule has 1 aliphatic rings. The fraction of sp³-hybridized carbons (Fsp3) is 0.455. The van der Waals surface area contributed by atoms with Crippen molar-refractivity contribution in [1.29, 1.82) is 0 Å². The van der Waals surface area contributed by atoms with E-state index >= 15 is 0 Å². The minimum absolute atomic E-state index is 0.0243. The van der Waals surface area contributed by atoms with E-state index in [1.165, 1.54) is 18.9 Å². The second kappa shape index (κ2) is 3.99. The monoisotopic (exact) mass is 229 g/mol. The Hall–Kier alpha value is -0.800. The van der Waals surface area contributed by atoms with Crippen LogP contribution in [0.4, 0.5) is 4.39 Å². The number of phenols is 1. The van der Waals surface area contributed by atoms with Crippen LogP contribution in [0.2, 0.25) is 5.02 Å². The van der Waals surface area contributed by atoms with E-state index in [2.05, 4.69) is 0 Å². The van der Waals surface area contributed by atoms with Crippen molar-refractivity contribution in [2.75, 3.05) is 0 Å². The Labute approximate surface area is 92.9 Å². The number of benzene rings is 1. The highest BCUT2D eigenvalue weighted by molar-refractivity contribution is 6.32. The molecule has 1 fully saturated rings. The first-order valence-electron chi connectivity index (χ1n) is 5.01. The molecule has 1 saturated carbocycles. The molecule has 4 heteroatoms. The van der Waals surface area contributed by atoms with Crippen molar-refractivity contribution >= 4 is 11.6 Å². The first-order valence-corrected chi connectivity index (χ1v) is 5.39. The van der Waals surface area contributed by atoms with Crippen molar-refractivity contribution in [2.45, 2.75) is 25.3 Å². The number of aromatic hydroxyl groups is 1. The van der Waals surface area contributed by atoms with Gasteiger partial charge < -0.3 is 10.8 Å². The Bertz CT molecular complexity index is 379. The molecule has 1 aromatic rings. The molecule has 0 amide bonds. The van der Waals surface area contributed by atoms with E-state index in [1.807, 2.05) is 0 Å². The maximum Gasteiger partial charge on any atom is 0.139 e. The van der Waals surface area contributed by atoms with Gasteiger partial charge in [-0.05, 0) is 24.5 Å². The number of hydrogen-bond acceptors (Lipinski definition) is 2. The van der Waals surface area contributed by atoms with Crippen LogP contribution in [0.3, 0.4) is 0 Å². The lowest BCUT2D eigenvalue weighted by Crippen LogP contribution is -2.11. The molecule has 0 saturated heterocycles. The van der Waals surface area contributed by atoms with Crippen molar-refractivity contribution in [3.63, 3.8) is 0 Å². The lowest BCUT2D eigenvalue weighted by Gasteiger charge is -2.14. The van der Waals surface area contributed by atoms with Crippen molar-refractivity contribution in [2.24, 2.45) is 11.7 Å². The molecule has 0 radical (unpaired) electrons. The van der Waals surface area contributed by atoms with Gasteiger partial charge in [0.15, 0.2) is 0 Å². The summed E-state index contributed by atoms with van der Waals surface area (Å²) in [5, 5.41) is 9.67. The third-order valence-electron chi connectivity index (χ3n) is 2.74. The summed E-state index contributed by atoms with van der Waals surface area (Å²) in [6, 6.07) is 2.02. The summed E-state index contributed by atoms with van der Waals surface area (Å²) in [7, 11) is 0. The van der Waals surface area contributed by atoms with Gasteiger partial charge in [-0.15, -0.1) is 0 Å². The normalized spacial score (nSPS) is 17.8. The Morgan fingerprint density at radius 1 is 1.53 bits per heavy atom. The molecular formula is C11H13ClFNO. The lowest BCUT2D eigenvalue weighted by atomic mass is 10.0. The molecule has 0 aliphatic heterocycles. The topological polar surface area (TPSA) is 46.2 Å². The smallest absolute Gasteiger partial charge is 0.139 e. The average Bonchev–Trinajstić information content (AvgIpc) is 2.94. The zero-order valence-electron chi connectivity index (χ0n) is 8.21. The number of rotatable bonds is 3. The molecule has 1 atom stereocenters. The molecule has 0 bridgehead atoms. The molecular weight excluding hydrogens is 217 g/mol. The largest absolute Gasteiger partial charge is 0.506 e. The van der Waals surface area contributed by atoms with Gasteiger partial charge in [0.1, 0.15) is 11.6 Å². The summed E-state index contributed by atoms with van der Waals surface area (Å²) < 4.78 is 13.1. The first-order chi connectivity index (χ1) is 7.08. The number of halogens is 2. The highest BCUT2D eigenvalue weighted by Gasteiger charge is 2.26. The minimum atomic E-state index is -0.459. The molecule has 0 aromatic heterocycles. The summed E-state index contributed by atoms with van der Waals surface area (Å²) in [5.41, 5.74) is 6.30. The van der Waals surface area contributed by atoms with E-state index < -0.39 is 5.82 Å². The van der Waals surface area contributed by atoms with E-state index in [1.54, 1.807) is 0 Å². The zero-order valence-corrected chi connectivity index (χ0v) is 8.97. The lowest BCUT2D eigenvalue weighted by molar-refractivity contribution is 0.452. The van der Waals surface area contributed by atoms with E-state index in [-0.39, 0.29) is 16.8 Å². The van der Waals surface area contributed by atoms with Gasteiger partial charge in [-0.3, -0.25) is 0 Å². The van der Waals surface area contributed by atoms with Gasteiger partial charge in [0.2, 0.25) is 0 Å². The van der Waals surface area contributed by atoms with Crippen LogP contribution in [0, 0.1) is 11.7 Å². The molecule has 15 heavy (non-hydrogen) atoms. The zero-order chi connectivity index (χ0) is 11.0. The van der Waals surface area contributed by atoms with Gasteiger partial charge in [-0.2, -0.15) is 0 Å². The second-order valence-electron chi connectivity index (χ2n) is 4.11. The van der Waals surface area contributed by atoms with Crippen LogP contribution in [0.1, 0.15) is 30.9 Å². The number of hydrogen-bond donors (Lipinski definition) is 2. The average molecular weight is 230 g/mol. The minimum Gasteiger partial charge on any atom is -0.506 e. The fourth-order valence-corrected chi connectivity index (χ4v) is 1.92. The maximum atomic E-state index is 13.1. The van der Waals surface area contributed by atoms with Crippen LogP contribution in [-0.4, -0.2) is 5.11 Å². The van der Waals surface area contributed by atoms with Crippen molar-refractivity contribution in [3.05, 3.63) is 28.5 Å². The third kappa shape index (κ3) is 2.41. The number of phenolic OH excluding ortho intramolecular Hbond substituents is 1. The Balaban J connectivity index is 2.24. The van der Waals surface area contributed by atoms with Gasteiger partial charge in [-0.1, -0.05) is 24.4 Å². The van der Waals surface area contributed by atoms with Gasteiger partial charge in [-0.25, -0.2) is 4.39 Å². The highest BCUT2D eigenvalue weighted by Crippen LogP contribution is 2.40. The second-order valence-corrected chi connectivity index (χ2v) is 4.52. The highest BCUT2D eigenvalue weighted by atomic mass is 35.5. The standard InChI is InChI=1S/C11H13ClFNO/c12-9-5-7(13)4-8(11(9)15)10(14)3-6-1-2-6/h4-6,10,15H,1-3,14H2/t10-/m1/s1.